The first-order valence-corrected chi connectivity index (χ1v) is 7.27. The van der Waals surface area contributed by atoms with Gasteiger partial charge in [-0.05, 0) is 35.9 Å². The number of nitrogens with zero attached hydrogens (tertiary/aromatic N) is 2. The van der Waals surface area contributed by atoms with Crippen molar-refractivity contribution in [1.82, 2.24) is 9.55 Å². The van der Waals surface area contributed by atoms with Crippen molar-refractivity contribution in [3.05, 3.63) is 76.7 Å². The summed E-state index contributed by atoms with van der Waals surface area (Å²) in [5.74, 6) is -0.435. The monoisotopic (exact) mass is 326 g/mol. The van der Waals surface area contributed by atoms with E-state index in [1.807, 2.05) is 12.1 Å². The molecular formula is C17H13ClN3O2. The Balaban J connectivity index is 2.01. The van der Waals surface area contributed by atoms with E-state index in [4.69, 9.17) is 11.6 Å². The molecule has 1 aromatic heterocycles. The van der Waals surface area contributed by atoms with Crippen LogP contribution in [0.3, 0.4) is 0 Å². The Hall–Kier alpha value is -2.66. The van der Waals surface area contributed by atoms with Crippen molar-refractivity contribution in [3.63, 3.8) is 0 Å². The number of rotatable bonds is 3. The van der Waals surface area contributed by atoms with E-state index in [9.17, 15) is 9.59 Å². The Kier molecular flexibility index (Phi) is 4.12. The fourth-order valence-corrected chi connectivity index (χ4v) is 2.42. The van der Waals surface area contributed by atoms with Crippen LogP contribution in [0.4, 0.5) is 5.69 Å². The molecule has 1 amide bonds. The standard InChI is InChI=1S/C17H13ClN3O2/c1-11(22)20-14-6-7-16-15(8-14)17(23)21(10-19-16)9-12-2-4-13(18)5-3-12/h2-8,10H,1,9H2,(H,20,22). The van der Waals surface area contributed by atoms with Crippen LogP contribution in [-0.4, -0.2) is 15.5 Å². The number of halogens is 1. The number of nitrogens with one attached hydrogen (secondary N) is 1. The summed E-state index contributed by atoms with van der Waals surface area (Å²) in [7, 11) is 0. The number of fused-ring (bicyclic) bond motifs is 1. The lowest BCUT2D eigenvalue weighted by Crippen LogP contribution is -2.21. The normalized spacial score (nSPS) is 10.7. The number of aromatic nitrogens is 2. The van der Waals surface area contributed by atoms with Crippen molar-refractivity contribution in [2.24, 2.45) is 0 Å². The zero-order chi connectivity index (χ0) is 16.4. The first-order chi connectivity index (χ1) is 11.0. The van der Waals surface area contributed by atoms with Gasteiger partial charge in [-0.2, -0.15) is 0 Å². The van der Waals surface area contributed by atoms with Crippen LogP contribution in [-0.2, 0) is 11.3 Å². The first-order valence-electron chi connectivity index (χ1n) is 6.89. The topological polar surface area (TPSA) is 64.0 Å². The molecule has 0 spiro atoms. The van der Waals surface area contributed by atoms with Crippen LogP contribution in [0.1, 0.15) is 5.56 Å². The van der Waals surface area contributed by atoms with Gasteiger partial charge >= 0.3 is 0 Å². The van der Waals surface area contributed by atoms with Crippen molar-refractivity contribution in [2.75, 3.05) is 5.32 Å². The molecule has 0 unspecified atom stereocenters. The Bertz CT molecular complexity index is 933. The molecule has 0 fully saturated rings. The molecule has 6 heteroatoms. The highest BCUT2D eigenvalue weighted by atomic mass is 35.5. The third-order valence-electron chi connectivity index (χ3n) is 3.37. The third kappa shape index (κ3) is 3.40. The van der Waals surface area contributed by atoms with Gasteiger partial charge in [0.25, 0.3) is 5.56 Å². The molecule has 0 saturated heterocycles. The highest BCUT2D eigenvalue weighted by molar-refractivity contribution is 6.30. The molecule has 0 aliphatic carbocycles. The number of anilines is 1. The molecule has 0 aliphatic heterocycles. The second-order valence-corrected chi connectivity index (χ2v) is 5.52. The molecule has 1 heterocycles. The zero-order valence-electron chi connectivity index (χ0n) is 12.1. The van der Waals surface area contributed by atoms with Crippen LogP contribution in [0.15, 0.2) is 53.6 Å². The fraction of sp³-hybridized carbons (Fsp3) is 0.0588. The lowest BCUT2D eigenvalue weighted by Gasteiger charge is -2.08. The van der Waals surface area contributed by atoms with Crippen LogP contribution in [0, 0.1) is 6.92 Å². The van der Waals surface area contributed by atoms with Crippen molar-refractivity contribution < 1.29 is 4.79 Å². The largest absolute Gasteiger partial charge is 0.326 e. The molecule has 2 aromatic carbocycles. The molecular weight excluding hydrogens is 314 g/mol. The second kappa shape index (κ2) is 6.22. The number of hydrogen-bond donors (Lipinski definition) is 1. The van der Waals surface area contributed by atoms with Gasteiger partial charge in [-0.25, -0.2) is 4.98 Å². The van der Waals surface area contributed by atoms with Gasteiger partial charge in [-0.1, -0.05) is 23.7 Å². The fourth-order valence-electron chi connectivity index (χ4n) is 2.30. The third-order valence-corrected chi connectivity index (χ3v) is 3.63. The molecule has 3 aromatic rings. The smallest absolute Gasteiger partial charge is 0.261 e. The maximum absolute atomic E-state index is 12.6. The van der Waals surface area contributed by atoms with Crippen LogP contribution in [0.25, 0.3) is 10.9 Å². The van der Waals surface area contributed by atoms with E-state index in [0.717, 1.165) is 5.56 Å². The minimum atomic E-state index is -0.435. The van der Waals surface area contributed by atoms with Crippen molar-refractivity contribution in [3.8, 4) is 0 Å². The summed E-state index contributed by atoms with van der Waals surface area (Å²) in [6.07, 6.45) is 1.51. The predicted octanol–water partition coefficient (Wildman–Crippen LogP) is 2.87. The van der Waals surface area contributed by atoms with E-state index in [-0.39, 0.29) is 5.56 Å². The van der Waals surface area contributed by atoms with Gasteiger partial charge in [0.2, 0.25) is 5.91 Å². The summed E-state index contributed by atoms with van der Waals surface area (Å²) in [6, 6.07) is 12.2. The van der Waals surface area contributed by atoms with Gasteiger partial charge in [0.05, 0.1) is 23.8 Å². The van der Waals surface area contributed by atoms with Gasteiger partial charge in [-0.15, -0.1) is 0 Å². The molecule has 3 rings (SSSR count). The minimum absolute atomic E-state index is 0.176. The number of carbonyl (C=O) groups excluding carboxylic acids is 1. The molecule has 115 valence electrons. The van der Waals surface area contributed by atoms with Crippen molar-refractivity contribution in [2.45, 2.75) is 6.54 Å². The van der Waals surface area contributed by atoms with E-state index < -0.39 is 5.91 Å². The molecule has 5 nitrogen and oxygen atoms in total. The number of hydrogen-bond acceptors (Lipinski definition) is 3. The lowest BCUT2D eigenvalue weighted by atomic mass is 10.2. The highest BCUT2D eigenvalue weighted by Crippen LogP contribution is 2.15. The zero-order valence-corrected chi connectivity index (χ0v) is 12.9. The molecule has 0 atom stereocenters. The highest BCUT2D eigenvalue weighted by Gasteiger charge is 2.07. The van der Waals surface area contributed by atoms with Crippen LogP contribution in [0.2, 0.25) is 5.02 Å². The van der Waals surface area contributed by atoms with Gasteiger partial charge in [0, 0.05) is 17.6 Å². The van der Waals surface area contributed by atoms with Crippen LogP contribution < -0.4 is 10.9 Å². The summed E-state index contributed by atoms with van der Waals surface area (Å²) in [4.78, 5) is 27.9. The minimum Gasteiger partial charge on any atom is -0.326 e. The summed E-state index contributed by atoms with van der Waals surface area (Å²) < 4.78 is 1.52. The Morgan fingerprint density at radius 2 is 1.96 bits per heavy atom. The summed E-state index contributed by atoms with van der Waals surface area (Å²) >= 11 is 5.86. The van der Waals surface area contributed by atoms with Crippen LogP contribution >= 0.6 is 11.6 Å². The maximum Gasteiger partial charge on any atom is 0.261 e. The van der Waals surface area contributed by atoms with E-state index in [2.05, 4.69) is 17.2 Å². The van der Waals surface area contributed by atoms with Gasteiger partial charge in [0.15, 0.2) is 0 Å². The predicted molar refractivity (Wildman–Crippen MR) is 90.5 cm³/mol. The van der Waals surface area contributed by atoms with E-state index in [1.165, 1.54) is 10.9 Å². The number of benzene rings is 2. The average Bonchev–Trinajstić information content (AvgIpc) is 2.52. The number of amides is 1. The van der Waals surface area contributed by atoms with Gasteiger partial charge in [0.1, 0.15) is 0 Å². The van der Waals surface area contributed by atoms with E-state index in [1.54, 1.807) is 30.3 Å². The van der Waals surface area contributed by atoms with E-state index >= 15 is 0 Å². The molecule has 0 bridgehead atoms. The quantitative estimate of drug-likeness (QED) is 0.805. The SMILES string of the molecule is [CH2]C(=O)Nc1ccc2ncn(Cc3ccc(Cl)cc3)c(=O)c2c1. The Morgan fingerprint density at radius 1 is 1.22 bits per heavy atom. The van der Waals surface area contributed by atoms with E-state index in [0.29, 0.717) is 28.2 Å². The Morgan fingerprint density at radius 3 is 2.65 bits per heavy atom. The second-order valence-electron chi connectivity index (χ2n) is 5.08. The summed E-state index contributed by atoms with van der Waals surface area (Å²) in [6.45, 7) is 3.65. The first kappa shape index (κ1) is 15.2. The molecule has 1 N–H and O–H groups in total. The Labute approximate surface area is 137 Å². The van der Waals surface area contributed by atoms with Crippen LogP contribution in [0.5, 0.6) is 0 Å². The molecule has 1 radical (unpaired) electrons. The molecule has 23 heavy (non-hydrogen) atoms. The maximum atomic E-state index is 12.6. The van der Waals surface area contributed by atoms with Gasteiger partial charge in [-0.3, -0.25) is 14.2 Å². The molecule has 0 aliphatic rings. The molecule has 0 saturated carbocycles. The summed E-state index contributed by atoms with van der Waals surface area (Å²) in [5.41, 5.74) is 1.86. The number of carbonyl (C=O) groups is 1. The summed E-state index contributed by atoms with van der Waals surface area (Å²) in [5, 5.41) is 3.64. The lowest BCUT2D eigenvalue weighted by molar-refractivity contribution is -0.112. The van der Waals surface area contributed by atoms with Crippen molar-refractivity contribution in [1.29, 1.82) is 0 Å². The van der Waals surface area contributed by atoms with Crippen molar-refractivity contribution >= 4 is 34.1 Å². The average molecular weight is 327 g/mol. The van der Waals surface area contributed by atoms with Gasteiger partial charge < -0.3 is 5.32 Å².